The van der Waals surface area contributed by atoms with Gasteiger partial charge in [0, 0.05) is 38.9 Å². The van der Waals surface area contributed by atoms with Crippen molar-refractivity contribution >= 4 is 49.6 Å². The number of anilines is 3. The van der Waals surface area contributed by atoms with E-state index in [9.17, 15) is 0 Å². The van der Waals surface area contributed by atoms with Crippen molar-refractivity contribution in [2.45, 2.75) is 63.7 Å². The van der Waals surface area contributed by atoms with E-state index in [1.165, 1.54) is 126 Å². The van der Waals surface area contributed by atoms with Crippen LogP contribution in [-0.2, 0) is 5.41 Å². The highest BCUT2D eigenvalue weighted by molar-refractivity contribution is 6.09. The number of rotatable bonds is 7. The fraction of sp³-hybridized carbons (Fsp3) is 0.179. The van der Waals surface area contributed by atoms with Gasteiger partial charge in [-0.15, -0.1) is 0 Å². The number of fused-ring (bicyclic) bond motifs is 7. The predicted molar refractivity (Wildman–Crippen MR) is 246 cm³/mol. The summed E-state index contributed by atoms with van der Waals surface area (Å²) in [4.78, 5) is 2.50. The lowest BCUT2D eigenvalue weighted by Gasteiger charge is -2.30. The zero-order valence-electron chi connectivity index (χ0n) is 33.5. The summed E-state index contributed by atoms with van der Waals surface area (Å²) in [6, 6.07) is 66.1. The van der Waals surface area contributed by atoms with Gasteiger partial charge in [0.15, 0.2) is 0 Å². The lowest BCUT2D eigenvalue weighted by Crippen LogP contribution is -2.20. The van der Waals surface area contributed by atoms with Crippen molar-refractivity contribution in [3.63, 3.8) is 0 Å². The second-order valence-electron chi connectivity index (χ2n) is 16.9. The fourth-order valence-corrected chi connectivity index (χ4v) is 10.5. The number of hydrogen-bond acceptors (Lipinski definition) is 1. The molecule has 1 atom stereocenters. The van der Waals surface area contributed by atoms with E-state index in [0.29, 0.717) is 5.92 Å². The molecular formula is C56H48N2. The van der Waals surface area contributed by atoms with Gasteiger partial charge in [0.05, 0.1) is 11.0 Å². The molecule has 8 aromatic carbocycles. The number of hydrogen-bond donors (Lipinski definition) is 0. The topological polar surface area (TPSA) is 8.17 Å². The summed E-state index contributed by atoms with van der Waals surface area (Å²) in [5.74, 6) is 0.630. The fourth-order valence-electron chi connectivity index (χ4n) is 10.5. The zero-order chi connectivity index (χ0) is 38.8. The van der Waals surface area contributed by atoms with Crippen LogP contribution in [0.2, 0.25) is 0 Å². The first kappa shape index (κ1) is 34.8. The van der Waals surface area contributed by atoms with E-state index in [4.69, 9.17) is 0 Å². The highest BCUT2D eigenvalue weighted by Crippen LogP contribution is 2.53. The van der Waals surface area contributed by atoms with Crippen LogP contribution in [0.15, 0.2) is 176 Å². The van der Waals surface area contributed by atoms with Crippen LogP contribution >= 0.6 is 0 Å². The third kappa shape index (κ3) is 5.53. The molecule has 0 radical (unpaired) electrons. The maximum absolute atomic E-state index is 2.50. The van der Waals surface area contributed by atoms with E-state index >= 15 is 0 Å². The van der Waals surface area contributed by atoms with Crippen LogP contribution in [0.5, 0.6) is 0 Å². The molecule has 9 aromatic rings. The molecule has 11 rings (SSSR count). The van der Waals surface area contributed by atoms with Crippen LogP contribution < -0.4 is 4.90 Å². The SMILES string of the molecule is CCC1(C)c2cc(N(c3ccc(-c4cccc5ccccc45)cc3)c3cccc(C4CCCCC4)c3)ccc2-c2ccc(-n3c4ccccc4c4ccccc43)cc21. The van der Waals surface area contributed by atoms with Gasteiger partial charge in [-0.3, -0.25) is 0 Å². The molecule has 58 heavy (non-hydrogen) atoms. The summed E-state index contributed by atoms with van der Waals surface area (Å²) < 4.78 is 2.46. The summed E-state index contributed by atoms with van der Waals surface area (Å²) in [7, 11) is 0. The Morgan fingerprint density at radius 3 is 1.86 bits per heavy atom. The van der Waals surface area contributed by atoms with Crippen molar-refractivity contribution in [3.05, 3.63) is 193 Å². The molecule has 2 aliphatic carbocycles. The second-order valence-corrected chi connectivity index (χ2v) is 16.9. The second kappa shape index (κ2) is 13.9. The Morgan fingerprint density at radius 2 is 1.12 bits per heavy atom. The van der Waals surface area contributed by atoms with Crippen LogP contribution in [0, 0.1) is 0 Å². The number of para-hydroxylation sites is 2. The molecule has 2 heteroatoms. The number of aromatic nitrogens is 1. The van der Waals surface area contributed by atoms with E-state index < -0.39 is 0 Å². The maximum Gasteiger partial charge on any atom is 0.0541 e. The number of benzene rings is 8. The summed E-state index contributed by atoms with van der Waals surface area (Å²) >= 11 is 0. The van der Waals surface area contributed by atoms with Gasteiger partial charge in [-0.1, -0.05) is 148 Å². The van der Waals surface area contributed by atoms with Crippen molar-refractivity contribution in [1.29, 1.82) is 0 Å². The molecule has 0 aliphatic heterocycles. The molecule has 0 amide bonds. The Morgan fingerprint density at radius 1 is 0.517 bits per heavy atom. The predicted octanol–water partition coefficient (Wildman–Crippen LogP) is 15.8. The summed E-state index contributed by atoms with van der Waals surface area (Å²) in [5, 5.41) is 5.14. The van der Waals surface area contributed by atoms with Gasteiger partial charge < -0.3 is 9.47 Å². The molecule has 1 fully saturated rings. The molecule has 1 aromatic heterocycles. The summed E-state index contributed by atoms with van der Waals surface area (Å²) in [5.41, 5.74) is 16.6. The van der Waals surface area contributed by atoms with Crippen LogP contribution in [0.3, 0.4) is 0 Å². The van der Waals surface area contributed by atoms with Gasteiger partial charge in [-0.2, -0.15) is 0 Å². The van der Waals surface area contributed by atoms with Crippen LogP contribution in [-0.4, -0.2) is 4.57 Å². The van der Waals surface area contributed by atoms with Gasteiger partial charge in [0.2, 0.25) is 0 Å². The smallest absolute Gasteiger partial charge is 0.0541 e. The van der Waals surface area contributed by atoms with Crippen LogP contribution in [0.25, 0.3) is 60.5 Å². The molecule has 2 aliphatic rings. The minimum absolute atomic E-state index is 0.150. The number of nitrogens with zero attached hydrogens (tertiary/aromatic N) is 2. The Balaban J connectivity index is 1.04. The Hall–Kier alpha value is -6.38. The molecule has 2 nitrogen and oxygen atoms in total. The molecule has 0 N–H and O–H groups in total. The van der Waals surface area contributed by atoms with Gasteiger partial charge in [0.25, 0.3) is 0 Å². The highest BCUT2D eigenvalue weighted by Gasteiger charge is 2.39. The van der Waals surface area contributed by atoms with Crippen LogP contribution in [0.4, 0.5) is 17.1 Å². The summed E-state index contributed by atoms with van der Waals surface area (Å²) in [6.45, 7) is 4.82. The van der Waals surface area contributed by atoms with Gasteiger partial charge in [-0.25, -0.2) is 0 Å². The monoisotopic (exact) mass is 748 g/mol. The van der Waals surface area contributed by atoms with Crippen molar-refractivity contribution in [3.8, 4) is 27.9 Å². The average molecular weight is 749 g/mol. The molecular weight excluding hydrogens is 701 g/mol. The quantitative estimate of drug-likeness (QED) is 0.158. The minimum Gasteiger partial charge on any atom is -0.310 e. The third-order valence-corrected chi connectivity index (χ3v) is 13.7. The average Bonchev–Trinajstić information content (AvgIpc) is 3.76. The normalized spacial score (nSPS) is 16.5. The molecule has 1 heterocycles. The first-order valence-corrected chi connectivity index (χ1v) is 21.4. The minimum atomic E-state index is -0.150. The molecule has 0 bridgehead atoms. The van der Waals surface area contributed by atoms with Gasteiger partial charge >= 0.3 is 0 Å². The summed E-state index contributed by atoms with van der Waals surface area (Å²) in [6.07, 6.45) is 7.59. The van der Waals surface area contributed by atoms with Crippen molar-refractivity contribution < 1.29 is 0 Å². The zero-order valence-corrected chi connectivity index (χ0v) is 33.5. The standard InChI is InChI=1S/C56H48N2/c1-3-56(2)52-36-44(31-33-48(52)49-34-32-45(37-53(49)56)58-54-25-11-9-22-50(54)51-23-10-12-26-55(51)58)57(43-20-13-19-41(35-43)38-15-5-4-6-16-38)42-29-27-40(28-30-42)47-24-14-18-39-17-7-8-21-46(39)47/h7-14,17-38H,3-6,15-16H2,1-2H3. The highest BCUT2D eigenvalue weighted by atomic mass is 15.1. The van der Waals surface area contributed by atoms with E-state index in [0.717, 1.165) is 6.42 Å². The van der Waals surface area contributed by atoms with Crippen LogP contribution in [0.1, 0.15) is 75.0 Å². The van der Waals surface area contributed by atoms with Gasteiger partial charge in [-0.05, 0) is 136 Å². The lowest BCUT2D eigenvalue weighted by atomic mass is 9.77. The molecule has 1 saturated carbocycles. The largest absolute Gasteiger partial charge is 0.310 e. The van der Waals surface area contributed by atoms with Crippen molar-refractivity contribution in [2.75, 3.05) is 4.90 Å². The lowest BCUT2D eigenvalue weighted by molar-refractivity contribution is 0.443. The molecule has 0 saturated heterocycles. The molecule has 1 unspecified atom stereocenters. The van der Waals surface area contributed by atoms with E-state index in [-0.39, 0.29) is 5.41 Å². The Labute approximate surface area is 342 Å². The van der Waals surface area contributed by atoms with E-state index in [1.54, 1.807) is 0 Å². The van der Waals surface area contributed by atoms with Crippen molar-refractivity contribution in [1.82, 2.24) is 4.57 Å². The molecule has 0 spiro atoms. The third-order valence-electron chi connectivity index (χ3n) is 13.7. The first-order chi connectivity index (χ1) is 28.6. The first-order valence-electron chi connectivity index (χ1n) is 21.4. The van der Waals surface area contributed by atoms with Crippen molar-refractivity contribution in [2.24, 2.45) is 0 Å². The van der Waals surface area contributed by atoms with E-state index in [1.807, 2.05) is 0 Å². The Kier molecular flexibility index (Phi) is 8.36. The Bertz CT molecular complexity index is 2940. The molecule has 282 valence electrons. The van der Waals surface area contributed by atoms with Gasteiger partial charge in [0.1, 0.15) is 0 Å². The maximum atomic E-state index is 2.50. The van der Waals surface area contributed by atoms with E-state index in [2.05, 4.69) is 199 Å².